The quantitative estimate of drug-likeness (QED) is 0.808. The van der Waals surface area contributed by atoms with Crippen molar-refractivity contribution in [3.05, 3.63) is 5.82 Å². The van der Waals surface area contributed by atoms with Crippen LogP contribution in [0.1, 0.15) is 31.6 Å². The minimum absolute atomic E-state index is 0.0458. The highest BCUT2D eigenvalue weighted by atomic mass is 32.2. The summed E-state index contributed by atoms with van der Waals surface area (Å²) >= 11 is 3.21. The maximum absolute atomic E-state index is 10.7. The van der Waals surface area contributed by atoms with Crippen LogP contribution in [-0.2, 0) is 11.2 Å². The Morgan fingerprint density at radius 1 is 1.61 bits per heavy atom. The number of thioether (sulfide) groups is 2. The van der Waals surface area contributed by atoms with Crippen molar-refractivity contribution >= 4 is 29.5 Å². The summed E-state index contributed by atoms with van der Waals surface area (Å²) in [5.74, 6) is 2.47. The van der Waals surface area contributed by atoms with Gasteiger partial charge in [0.2, 0.25) is 0 Å². The number of carbonyl (C=O) groups is 1. The SMILES string of the molecule is CCCc1nnc(SCC(=O)O)n1C1CCSC1. The van der Waals surface area contributed by atoms with Crippen LogP contribution < -0.4 is 0 Å². The number of aliphatic carboxylic acids is 1. The third kappa shape index (κ3) is 3.20. The molecule has 2 heterocycles. The molecule has 0 aromatic carbocycles. The van der Waals surface area contributed by atoms with Crippen LogP contribution in [0.3, 0.4) is 0 Å². The van der Waals surface area contributed by atoms with E-state index in [9.17, 15) is 4.79 Å². The molecule has 1 saturated heterocycles. The smallest absolute Gasteiger partial charge is 0.313 e. The summed E-state index contributed by atoms with van der Waals surface area (Å²) in [7, 11) is 0. The third-order valence-corrected chi connectivity index (χ3v) is 4.88. The van der Waals surface area contributed by atoms with Crippen LogP contribution in [0.4, 0.5) is 0 Å². The molecular weight excluding hydrogens is 270 g/mol. The van der Waals surface area contributed by atoms with Gasteiger partial charge in [-0.1, -0.05) is 18.7 Å². The summed E-state index contributed by atoms with van der Waals surface area (Å²) in [4.78, 5) is 10.7. The molecular formula is C11H17N3O2S2. The number of hydrogen-bond donors (Lipinski definition) is 1. The first-order chi connectivity index (χ1) is 8.72. The van der Waals surface area contributed by atoms with Crippen molar-refractivity contribution in [1.82, 2.24) is 14.8 Å². The molecule has 7 heteroatoms. The van der Waals surface area contributed by atoms with Gasteiger partial charge in [0, 0.05) is 18.2 Å². The summed E-state index contributed by atoms with van der Waals surface area (Å²) in [6, 6.07) is 0.433. The second-order valence-electron chi connectivity index (χ2n) is 4.22. The molecule has 1 aliphatic heterocycles. The number of carboxylic acids is 1. The zero-order valence-electron chi connectivity index (χ0n) is 10.3. The van der Waals surface area contributed by atoms with Crippen LogP contribution in [-0.4, -0.2) is 43.1 Å². The van der Waals surface area contributed by atoms with Gasteiger partial charge in [0.1, 0.15) is 5.82 Å². The van der Waals surface area contributed by atoms with Gasteiger partial charge in [0.15, 0.2) is 5.16 Å². The molecule has 0 bridgehead atoms. The first-order valence-corrected chi connectivity index (χ1v) is 8.22. The van der Waals surface area contributed by atoms with E-state index in [0.29, 0.717) is 6.04 Å². The maximum Gasteiger partial charge on any atom is 0.313 e. The van der Waals surface area contributed by atoms with Crippen molar-refractivity contribution in [2.24, 2.45) is 0 Å². The fourth-order valence-corrected chi connectivity index (χ4v) is 3.96. The molecule has 0 amide bonds. The summed E-state index contributed by atoms with van der Waals surface area (Å²) in [5.41, 5.74) is 0. The summed E-state index contributed by atoms with van der Waals surface area (Å²) in [6.07, 6.45) is 3.06. The Labute approximate surface area is 115 Å². The average molecular weight is 287 g/mol. The molecule has 1 unspecified atom stereocenters. The molecule has 0 aliphatic carbocycles. The van der Waals surface area contributed by atoms with Gasteiger partial charge in [0.25, 0.3) is 0 Å². The Morgan fingerprint density at radius 3 is 3.06 bits per heavy atom. The Kier molecular flexibility index (Phi) is 4.94. The van der Waals surface area contributed by atoms with Gasteiger partial charge in [-0.05, 0) is 18.6 Å². The van der Waals surface area contributed by atoms with E-state index in [1.165, 1.54) is 11.8 Å². The van der Waals surface area contributed by atoms with Crippen LogP contribution in [0.15, 0.2) is 5.16 Å². The molecule has 0 spiro atoms. The lowest BCUT2D eigenvalue weighted by Gasteiger charge is -2.15. The first-order valence-electron chi connectivity index (χ1n) is 6.08. The normalized spacial score (nSPS) is 19.3. The van der Waals surface area contributed by atoms with E-state index in [-0.39, 0.29) is 5.75 Å². The molecule has 1 aromatic rings. The minimum Gasteiger partial charge on any atom is -0.481 e. The number of rotatable bonds is 6. The molecule has 1 aliphatic rings. The van der Waals surface area contributed by atoms with Gasteiger partial charge in [-0.15, -0.1) is 10.2 Å². The molecule has 18 heavy (non-hydrogen) atoms. The Hall–Kier alpha value is -0.690. The number of aromatic nitrogens is 3. The number of aryl methyl sites for hydroxylation is 1. The monoisotopic (exact) mass is 287 g/mol. The summed E-state index contributed by atoms with van der Waals surface area (Å²) in [5, 5.41) is 17.9. The van der Waals surface area contributed by atoms with Gasteiger partial charge in [0.05, 0.1) is 5.75 Å². The molecule has 1 fully saturated rings. The van der Waals surface area contributed by atoms with Crippen LogP contribution in [0.25, 0.3) is 0 Å². The number of hydrogen-bond acceptors (Lipinski definition) is 5. The molecule has 1 aromatic heterocycles. The third-order valence-electron chi connectivity index (χ3n) is 2.80. The standard InChI is InChI=1S/C11H17N3O2S2/c1-2-3-9-12-13-11(18-7-10(15)16)14(9)8-4-5-17-6-8/h8H,2-7H2,1H3,(H,15,16). The molecule has 1 atom stereocenters. The van der Waals surface area contributed by atoms with Crippen molar-refractivity contribution < 1.29 is 9.90 Å². The van der Waals surface area contributed by atoms with Crippen molar-refractivity contribution in [3.8, 4) is 0 Å². The first kappa shape index (κ1) is 13.7. The molecule has 100 valence electrons. The number of carboxylic acid groups (broad SMARTS) is 1. The van der Waals surface area contributed by atoms with Gasteiger partial charge < -0.3 is 9.67 Å². The minimum atomic E-state index is -0.813. The summed E-state index contributed by atoms with van der Waals surface area (Å²) < 4.78 is 2.16. The average Bonchev–Trinajstić information content (AvgIpc) is 2.95. The fraction of sp³-hybridized carbons (Fsp3) is 0.727. The van der Waals surface area contributed by atoms with Gasteiger partial charge >= 0.3 is 5.97 Å². The van der Waals surface area contributed by atoms with Crippen molar-refractivity contribution in [3.63, 3.8) is 0 Å². The predicted octanol–water partition coefficient (Wildman–Crippen LogP) is 2.09. The fourth-order valence-electron chi connectivity index (χ4n) is 2.02. The van der Waals surface area contributed by atoms with Crippen LogP contribution in [0, 0.1) is 0 Å². The van der Waals surface area contributed by atoms with E-state index in [2.05, 4.69) is 21.7 Å². The van der Waals surface area contributed by atoms with Crippen LogP contribution in [0.5, 0.6) is 0 Å². The lowest BCUT2D eigenvalue weighted by molar-refractivity contribution is -0.133. The Bertz CT molecular complexity index is 416. The predicted molar refractivity (Wildman–Crippen MR) is 73.4 cm³/mol. The van der Waals surface area contributed by atoms with Crippen molar-refractivity contribution in [2.75, 3.05) is 17.3 Å². The topological polar surface area (TPSA) is 68.0 Å². The van der Waals surface area contributed by atoms with E-state index in [1.54, 1.807) is 0 Å². The van der Waals surface area contributed by atoms with E-state index < -0.39 is 5.97 Å². The second kappa shape index (κ2) is 6.47. The summed E-state index contributed by atoms with van der Waals surface area (Å²) in [6.45, 7) is 2.12. The molecule has 0 saturated carbocycles. The molecule has 2 rings (SSSR count). The van der Waals surface area contributed by atoms with E-state index in [4.69, 9.17) is 5.11 Å². The van der Waals surface area contributed by atoms with Gasteiger partial charge in [-0.3, -0.25) is 4.79 Å². The van der Waals surface area contributed by atoms with E-state index in [1.807, 2.05) is 11.8 Å². The van der Waals surface area contributed by atoms with E-state index >= 15 is 0 Å². The second-order valence-corrected chi connectivity index (χ2v) is 6.31. The molecule has 0 radical (unpaired) electrons. The zero-order chi connectivity index (χ0) is 13.0. The highest BCUT2D eigenvalue weighted by molar-refractivity contribution is 8.00. The van der Waals surface area contributed by atoms with E-state index in [0.717, 1.165) is 41.7 Å². The lowest BCUT2D eigenvalue weighted by atomic mass is 10.2. The zero-order valence-corrected chi connectivity index (χ0v) is 12.0. The highest BCUT2D eigenvalue weighted by Gasteiger charge is 2.24. The van der Waals surface area contributed by atoms with Crippen LogP contribution >= 0.6 is 23.5 Å². The maximum atomic E-state index is 10.7. The highest BCUT2D eigenvalue weighted by Crippen LogP contribution is 2.32. The van der Waals surface area contributed by atoms with Gasteiger partial charge in [-0.2, -0.15) is 11.8 Å². The number of nitrogens with zero attached hydrogens (tertiary/aromatic N) is 3. The Morgan fingerprint density at radius 2 is 2.44 bits per heavy atom. The molecule has 5 nitrogen and oxygen atoms in total. The largest absolute Gasteiger partial charge is 0.481 e. The van der Waals surface area contributed by atoms with Gasteiger partial charge in [-0.25, -0.2) is 0 Å². The Balaban J connectivity index is 2.19. The lowest BCUT2D eigenvalue weighted by Crippen LogP contribution is -2.13. The molecule has 1 N–H and O–H groups in total. The van der Waals surface area contributed by atoms with Crippen molar-refractivity contribution in [1.29, 1.82) is 0 Å². The van der Waals surface area contributed by atoms with Crippen molar-refractivity contribution in [2.45, 2.75) is 37.4 Å². The van der Waals surface area contributed by atoms with Crippen LogP contribution in [0.2, 0.25) is 0 Å².